The smallest absolute Gasteiger partial charge is 0.185 e. The molecule has 0 saturated carbocycles. The molecule has 3 aromatic rings. The van der Waals surface area contributed by atoms with Crippen molar-refractivity contribution in [2.45, 2.75) is 0 Å². The van der Waals surface area contributed by atoms with Crippen LogP contribution in [0, 0.1) is 0 Å². The number of phenols is 1. The lowest BCUT2D eigenvalue weighted by atomic mass is 10.1. The lowest BCUT2D eigenvalue weighted by Gasteiger charge is -1.95. The normalized spacial score (nSPS) is 10.9. The Balaban J connectivity index is 1.75. The summed E-state index contributed by atoms with van der Waals surface area (Å²) in [5, 5.41) is 11.9. The molecule has 0 bridgehead atoms. The van der Waals surface area contributed by atoms with Crippen LogP contribution in [0.2, 0.25) is 0 Å². The van der Waals surface area contributed by atoms with Crippen molar-refractivity contribution in [2.75, 3.05) is 0 Å². The van der Waals surface area contributed by atoms with Gasteiger partial charge in [-0.15, -0.1) is 11.3 Å². The molecular weight excluding hydrogens is 296 g/mol. The van der Waals surface area contributed by atoms with Crippen LogP contribution < -0.4 is 0 Å². The first kappa shape index (κ1) is 14.2. The van der Waals surface area contributed by atoms with Crippen LogP contribution in [0.25, 0.3) is 16.8 Å². The summed E-state index contributed by atoms with van der Waals surface area (Å²) in [6.07, 6.45) is 4.88. The van der Waals surface area contributed by atoms with Crippen molar-refractivity contribution in [3.63, 3.8) is 0 Å². The third-order valence-electron chi connectivity index (χ3n) is 2.96. The number of pyridine rings is 1. The number of aromatic nitrogens is 2. The summed E-state index contributed by atoms with van der Waals surface area (Å²) in [6.45, 7) is 0. The Labute approximate surface area is 131 Å². The van der Waals surface area contributed by atoms with Gasteiger partial charge in [0.05, 0.1) is 11.4 Å². The van der Waals surface area contributed by atoms with Crippen LogP contribution in [0.4, 0.5) is 0 Å². The van der Waals surface area contributed by atoms with Gasteiger partial charge in [-0.25, -0.2) is 4.98 Å². The molecule has 5 heteroatoms. The van der Waals surface area contributed by atoms with Crippen molar-refractivity contribution in [2.24, 2.45) is 0 Å². The van der Waals surface area contributed by atoms with E-state index < -0.39 is 0 Å². The monoisotopic (exact) mass is 308 g/mol. The highest BCUT2D eigenvalue weighted by atomic mass is 32.1. The van der Waals surface area contributed by atoms with Gasteiger partial charge in [-0.2, -0.15) is 0 Å². The van der Waals surface area contributed by atoms with Crippen LogP contribution in [-0.2, 0) is 0 Å². The number of thiazole rings is 1. The molecule has 0 unspecified atom stereocenters. The standard InChI is InChI=1S/C17H12N2O2S/c20-14-7-4-12(5-8-14)16(21)9-6-13-11-22-17(19-13)15-3-1-2-10-18-15/h1-11,20H. The van der Waals surface area contributed by atoms with E-state index in [-0.39, 0.29) is 11.5 Å². The van der Waals surface area contributed by atoms with Gasteiger partial charge in [0.15, 0.2) is 5.78 Å². The van der Waals surface area contributed by atoms with Gasteiger partial charge in [0.1, 0.15) is 10.8 Å². The second kappa shape index (κ2) is 6.32. The molecule has 0 atom stereocenters. The molecule has 1 N–H and O–H groups in total. The maximum Gasteiger partial charge on any atom is 0.185 e. The third kappa shape index (κ3) is 3.27. The number of ketones is 1. The Morgan fingerprint density at radius 1 is 1.14 bits per heavy atom. The van der Waals surface area contributed by atoms with Crippen molar-refractivity contribution >= 4 is 23.2 Å². The van der Waals surface area contributed by atoms with Crippen LogP contribution in [-0.4, -0.2) is 20.9 Å². The first-order valence-electron chi connectivity index (χ1n) is 6.61. The van der Waals surface area contributed by atoms with Crippen LogP contribution in [0.5, 0.6) is 5.75 Å². The Hall–Kier alpha value is -2.79. The zero-order valence-electron chi connectivity index (χ0n) is 11.5. The van der Waals surface area contributed by atoms with E-state index in [1.807, 2.05) is 23.6 Å². The van der Waals surface area contributed by atoms with Crippen molar-refractivity contribution in [1.82, 2.24) is 9.97 Å². The number of hydrogen-bond donors (Lipinski definition) is 1. The Bertz CT molecular complexity index is 808. The number of aromatic hydroxyl groups is 1. The average molecular weight is 308 g/mol. The molecule has 0 radical (unpaired) electrons. The summed E-state index contributed by atoms with van der Waals surface area (Å²) in [5.74, 6) is 0.00687. The molecule has 108 valence electrons. The van der Waals surface area contributed by atoms with Crippen molar-refractivity contribution in [1.29, 1.82) is 0 Å². The lowest BCUT2D eigenvalue weighted by Crippen LogP contribution is -1.93. The van der Waals surface area contributed by atoms with Gasteiger partial charge in [-0.3, -0.25) is 9.78 Å². The number of carbonyl (C=O) groups is 1. The van der Waals surface area contributed by atoms with Gasteiger partial charge in [0, 0.05) is 17.1 Å². The topological polar surface area (TPSA) is 63.1 Å². The Kier molecular flexibility index (Phi) is 4.07. The second-order valence-electron chi connectivity index (χ2n) is 4.54. The molecule has 3 rings (SSSR count). The molecule has 0 fully saturated rings. The number of carbonyl (C=O) groups excluding carboxylic acids is 1. The SMILES string of the molecule is O=C(C=Cc1csc(-c2ccccn2)n1)c1ccc(O)cc1. The predicted molar refractivity (Wildman–Crippen MR) is 86.8 cm³/mol. The fraction of sp³-hybridized carbons (Fsp3) is 0. The number of hydrogen-bond acceptors (Lipinski definition) is 5. The number of benzene rings is 1. The Morgan fingerprint density at radius 3 is 2.68 bits per heavy atom. The first-order valence-corrected chi connectivity index (χ1v) is 7.49. The molecule has 0 aliphatic carbocycles. The summed E-state index contributed by atoms with van der Waals surface area (Å²) in [4.78, 5) is 20.7. The fourth-order valence-corrected chi connectivity index (χ4v) is 2.62. The number of phenolic OH excluding ortho intramolecular Hbond substituents is 1. The van der Waals surface area contributed by atoms with Crippen molar-refractivity contribution < 1.29 is 9.90 Å². The van der Waals surface area contributed by atoms with Crippen LogP contribution in [0.15, 0.2) is 60.1 Å². The molecule has 22 heavy (non-hydrogen) atoms. The fourth-order valence-electron chi connectivity index (χ4n) is 1.85. The molecule has 1 aromatic carbocycles. The zero-order chi connectivity index (χ0) is 15.4. The summed E-state index contributed by atoms with van der Waals surface area (Å²) >= 11 is 1.48. The Morgan fingerprint density at radius 2 is 1.95 bits per heavy atom. The summed E-state index contributed by atoms with van der Waals surface area (Å²) in [7, 11) is 0. The van der Waals surface area contributed by atoms with E-state index >= 15 is 0 Å². The molecule has 4 nitrogen and oxygen atoms in total. The highest BCUT2D eigenvalue weighted by molar-refractivity contribution is 7.13. The van der Waals surface area contributed by atoms with Crippen LogP contribution in [0.1, 0.15) is 16.1 Å². The first-order chi connectivity index (χ1) is 10.7. The van der Waals surface area contributed by atoms with Gasteiger partial charge in [0.2, 0.25) is 0 Å². The van der Waals surface area contributed by atoms with Crippen molar-refractivity contribution in [3.05, 3.63) is 71.4 Å². The van der Waals surface area contributed by atoms with E-state index in [0.717, 1.165) is 16.4 Å². The van der Waals surface area contributed by atoms with E-state index in [0.29, 0.717) is 5.56 Å². The van der Waals surface area contributed by atoms with Gasteiger partial charge in [-0.05, 0) is 48.6 Å². The number of allylic oxidation sites excluding steroid dienone is 1. The van der Waals surface area contributed by atoms with E-state index in [9.17, 15) is 9.90 Å². The highest BCUT2D eigenvalue weighted by Crippen LogP contribution is 2.22. The minimum atomic E-state index is -0.132. The van der Waals surface area contributed by atoms with Crippen LogP contribution >= 0.6 is 11.3 Å². The van der Waals surface area contributed by atoms with Gasteiger partial charge in [-0.1, -0.05) is 6.07 Å². The molecule has 0 saturated heterocycles. The van der Waals surface area contributed by atoms with E-state index in [2.05, 4.69) is 9.97 Å². The minimum absolute atomic E-state index is 0.132. The molecule has 0 amide bonds. The summed E-state index contributed by atoms with van der Waals surface area (Å²) in [5.41, 5.74) is 2.06. The van der Waals surface area contributed by atoms with Crippen LogP contribution in [0.3, 0.4) is 0 Å². The van der Waals surface area contributed by atoms with E-state index in [4.69, 9.17) is 0 Å². The van der Waals surface area contributed by atoms with Gasteiger partial charge >= 0.3 is 0 Å². The van der Waals surface area contributed by atoms with E-state index in [1.165, 1.54) is 29.5 Å². The van der Waals surface area contributed by atoms with E-state index in [1.54, 1.807) is 24.4 Å². The maximum atomic E-state index is 12.0. The van der Waals surface area contributed by atoms with Gasteiger partial charge < -0.3 is 5.11 Å². The van der Waals surface area contributed by atoms with Crippen molar-refractivity contribution in [3.8, 4) is 16.5 Å². The van der Waals surface area contributed by atoms with Gasteiger partial charge in [0.25, 0.3) is 0 Å². The average Bonchev–Trinajstić information content (AvgIpc) is 3.03. The molecule has 2 aromatic heterocycles. The lowest BCUT2D eigenvalue weighted by molar-refractivity contribution is 0.104. The minimum Gasteiger partial charge on any atom is -0.508 e. The molecule has 0 aliphatic rings. The molecular formula is C17H12N2O2S. The summed E-state index contributed by atoms with van der Waals surface area (Å²) < 4.78 is 0. The molecule has 2 heterocycles. The predicted octanol–water partition coefficient (Wildman–Crippen LogP) is 3.81. The second-order valence-corrected chi connectivity index (χ2v) is 5.40. The highest BCUT2D eigenvalue weighted by Gasteiger charge is 2.05. The molecule has 0 spiro atoms. The quantitative estimate of drug-likeness (QED) is 0.588. The maximum absolute atomic E-state index is 12.0. The molecule has 0 aliphatic heterocycles. The summed E-state index contributed by atoms with van der Waals surface area (Å²) in [6, 6.07) is 11.8. The largest absolute Gasteiger partial charge is 0.508 e. The zero-order valence-corrected chi connectivity index (χ0v) is 12.3. The number of rotatable bonds is 4. The number of nitrogens with zero attached hydrogens (tertiary/aromatic N) is 2. The third-order valence-corrected chi connectivity index (χ3v) is 3.85.